The van der Waals surface area contributed by atoms with E-state index >= 15 is 0 Å². The van der Waals surface area contributed by atoms with Gasteiger partial charge in [-0.25, -0.2) is 0 Å². The second kappa shape index (κ2) is 4.81. The van der Waals surface area contributed by atoms with E-state index in [1.807, 2.05) is 0 Å². The zero-order valence-electron chi connectivity index (χ0n) is 10.8. The minimum absolute atomic E-state index is 0.0421. The van der Waals surface area contributed by atoms with Gasteiger partial charge in [0.25, 0.3) is 10.2 Å². The summed E-state index contributed by atoms with van der Waals surface area (Å²) in [5.41, 5.74) is -1.67. The summed E-state index contributed by atoms with van der Waals surface area (Å²) in [6.07, 6.45) is 0.0754. The normalized spacial score (nSPS) is 30.8. The first kappa shape index (κ1) is 14.8. The highest BCUT2D eigenvalue weighted by molar-refractivity contribution is 7.87. The van der Waals surface area contributed by atoms with Gasteiger partial charge in [-0.15, -0.1) is 0 Å². The number of hydrogen-bond donors (Lipinski definition) is 3. The Balaban J connectivity index is 2.56. The Kier molecular flexibility index (Phi) is 4.20. The zero-order valence-corrected chi connectivity index (χ0v) is 11.6. The van der Waals surface area contributed by atoms with Gasteiger partial charge in [0.1, 0.15) is 5.60 Å². The van der Waals surface area contributed by atoms with Gasteiger partial charge in [-0.2, -0.15) is 17.9 Å². The molecule has 0 saturated carbocycles. The number of hydrogen-bond acceptors (Lipinski definition) is 4. The molecule has 102 valence electrons. The molecule has 1 saturated heterocycles. The first-order valence-corrected chi connectivity index (χ1v) is 7.15. The Morgan fingerprint density at radius 2 is 2.06 bits per heavy atom. The molecule has 0 aliphatic carbocycles. The third kappa shape index (κ3) is 4.51. The maximum absolute atomic E-state index is 11.7. The lowest BCUT2D eigenvalue weighted by Gasteiger charge is -2.27. The predicted molar refractivity (Wildman–Crippen MR) is 64.8 cm³/mol. The van der Waals surface area contributed by atoms with Crippen LogP contribution in [0.25, 0.3) is 0 Å². The highest BCUT2D eigenvalue weighted by Crippen LogP contribution is 2.24. The fourth-order valence-electron chi connectivity index (χ4n) is 1.66. The van der Waals surface area contributed by atoms with Gasteiger partial charge in [-0.05, 0) is 27.7 Å². The largest absolute Gasteiger partial charge is 0.386 e. The van der Waals surface area contributed by atoms with Crippen LogP contribution in [0.5, 0.6) is 0 Å². The zero-order chi connectivity index (χ0) is 13.3. The van der Waals surface area contributed by atoms with Crippen LogP contribution in [0.1, 0.15) is 34.1 Å². The molecule has 1 fully saturated rings. The molecular formula is C10H22N2O4S. The molecule has 17 heavy (non-hydrogen) atoms. The van der Waals surface area contributed by atoms with Crippen molar-refractivity contribution in [3.8, 4) is 0 Å². The molecule has 0 spiro atoms. The van der Waals surface area contributed by atoms with Gasteiger partial charge in [0, 0.05) is 25.1 Å². The van der Waals surface area contributed by atoms with Gasteiger partial charge < -0.3 is 9.84 Å². The van der Waals surface area contributed by atoms with E-state index in [0.717, 1.165) is 0 Å². The highest BCUT2D eigenvalue weighted by Gasteiger charge is 2.40. The molecule has 0 amide bonds. The molecule has 2 atom stereocenters. The lowest BCUT2D eigenvalue weighted by molar-refractivity contribution is -0.0229. The van der Waals surface area contributed by atoms with Crippen molar-refractivity contribution in [3.05, 3.63) is 0 Å². The fraction of sp³-hybridized carbons (Fsp3) is 1.00. The van der Waals surface area contributed by atoms with E-state index in [0.29, 0.717) is 13.0 Å². The Bertz CT molecular complexity index is 363. The van der Waals surface area contributed by atoms with Gasteiger partial charge in [0.15, 0.2) is 0 Å². The number of ether oxygens (including phenoxy) is 1. The summed E-state index contributed by atoms with van der Waals surface area (Å²) in [6.45, 7) is 7.40. The maximum Gasteiger partial charge on any atom is 0.277 e. The van der Waals surface area contributed by atoms with Crippen molar-refractivity contribution in [2.75, 3.05) is 13.2 Å². The van der Waals surface area contributed by atoms with Crippen molar-refractivity contribution in [1.29, 1.82) is 0 Å². The highest BCUT2D eigenvalue weighted by atomic mass is 32.2. The van der Waals surface area contributed by atoms with Crippen LogP contribution in [0.15, 0.2) is 0 Å². The van der Waals surface area contributed by atoms with Crippen LogP contribution in [0.3, 0.4) is 0 Å². The summed E-state index contributed by atoms with van der Waals surface area (Å²) in [7, 11) is -3.60. The van der Waals surface area contributed by atoms with E-state index in [4.69, 9.17) is 4.74 Å². The molecule has 0 aromatic heterocycles. The first-order valence-electron chi connectivity index (χ1n) is 5.67. The van der Waals surface area contributed by atoms with E-state index in [-0.39, 0.29) is 12.6 Å². The van der Waals surface area contributed by atoms with Gasteiger partial charge in [0.2, 0.25) is 0 Å². The average molecular weight is 266 g/mol. The summed E-state index contributed by atoms with van der Waals surface area (Å²) >= 11 is 0. The molecule has 6 nitrogen and oxygen atoms in total. The standard InChI is InChI=1S/C10H22N2O4S/c1-8-10(13,5-6-16-8)7-11-17(14,15)12-9(2,3)4/h8,11-13H,5-7H2,1-4H3. The summed E-state index contributed by atoms with van der Waals surface area (Å²) in [4.78, 5) is 0. The van der Waals surface area contributed by atoms with Gasteiger partial charge in [0.05, 0.1) is 6.10 Å². The summed E-state index contributed by atoms with van der Waals surface area (Å²) in [5.74, 6) is 0. The molecule has 3 N–H and O–H groups in total. The molecule has 1 heterocycles. The van der Waals surface area contributed by atoms with E-state index in [1.165, 1.54) is 0 Å². The molecule has 1 rings (SSSR count). The van der Waals surface area contributed by atoms with Crippen molar-refractivity contribution >= 4 is 10.2 Å². The predicted octanol–water partition coefficient (Wildman–Crippen LogP) is -0.251. The van der Waals surface area contributed by atoms with Crippen molar-refractivity contribution < 1.29 is 18.3 Å². The average Bonchev–Trinajstić information content (AvgIpc) is 2.41. The minimum Gasteiger partial charge on any atom is -0.386 e. The number of aliphatic hydroxyl groups is 1. The van der Waals surface area contributed by atoms with E-state index < -0.39 is 21.3 Å². The number of nitrogens with one attached hydrogen (secondary N) is 2. The lowest BCUT2D eigenvalue weighted by Crippen LogP contribution is -2.53. The molecular weight excluding hydrogens is 244 g/mol. The van der Waals surface area contributed by atoms with Crippen LogP contribution in [-0.4, -0.2) is 43.9 Å². The van der Waals surface area contributed by atoms with E-state index in [1.54, 1.807) is 27.7 Å². The summed E-state index contributed by atoms with van der Waals surface area (Å²) in [6, 6.07) is 0. The van der Waals surface area contributed by atoms with Crippen molar-refractivity contribution in [3.63, 3.8) is 0 Å². The van der Waals surface area contributed by atoms with Crippen molar-refractivity contribution in [2.45, 2.75) is 51.4 Å². The van der Waals surface area contributed by atoms with Crippen molar-refractivity contribution in [2.24, 2.45) is 0 Å². The Hall–Kier alpha value is -0.210. The molecule has 1 aliphatic heterocycles. The second-order valence-corrected chi connectivity index (χ2v) is 7.04. The first-order chi connectivity index (χ1) is 7.54. The third-order valence-electron chi connectivity index (χ3n) is 2.67. The Labute approximate surface area is 103 Å². The monoisotopic (exact) mass is 266 g/mol. The lowest BCUT2D eigenvalue weighted by atomic mass is 9.97. The third-order valence-corrected chi connectivity index (χ3v) is 4.07. The van der Waals surface area contributed by atoms with Crippen LogP contribution >= 0.6 is 0 Å². The minimum atomic E-state index is -3.60. The Morgan fingerprint density at radius 3 is 2.47 bits per heavy atom. The summed E-state index contributed by atoms with van der Waals surface area (Å²) < 4.78 is 33.4. The smallest absolute Gasteiger partial charge is 0.277 e. The summed E-state index contributed by atoms with van der Waals surface area (Å²) in [5, 5.41) is 10.1. The van der Waals surface area contributed by atoms with E-state index in [9.17, 15) is 13.5 Å². The van der Waals surface area contributed by atoms with Gasteiger partial charge in [-0.3, -0.25) is 0 Å². The van der Waals surface area contributed by atoms with Crippen molar-refractivity contribution in [1.82, 2.24) is 9.44 Å². The molecule has 0 aromatic carbocycles. The van der Waals surface area contributed by atoms with Crippen LogP contribution in [0.4, 0.5) is 0 Å². The molecule has 0 bridgehead atoms. The Morgan fingerprint density at radius 1 is 1.47 bits per heavy atom. The molecule has 0 radical (unpaired) electrons. The van der Waals surface area contributed by atoms with Gasteiger partial charge >= 0.3 is 0 Å². The van der Waals surface area contributed by atoms with Gasteiger partial charge in [-0.1, -0.05) is 0 Å². The fourth-order valence-corrected chi connectivity index (χ4v) is 2.98. The van der Waals surface area contributed by atoms with Crippen LogP contribution < -0.4 is 9.44 Å². The van der Waals surface area contributed by atoms with E-state index in [2.05, 4.69) is 9.44 Å². The van der Waals surface area contributed by atoms with Crippen LogP contribution in [0, 0.1) is 0 Å². The van der Waals surface area contributed by atoms with Crippen LogP contribution in [-0.2, 0) is 14.9 Å². The number of rotatable bonds is 4. The SMILES string of the molecule is CC1OCCC1(O)CNS(=O)(=O)NC(C)(C)C. The topological polar surface area (TPSA) is 87.7 Å². The van der Waals surface area contributed by atoms with Crippen LogP contribution in [0.2, 0.25) is 0 Å². The molecule has 2 unspecified atom stereocenters. The quantitative estimate of drug-likeness (QED) is 0.655. The second-order valence-electron chi connectivity index (χ2n) is 5.54. The maximum atomic E-state index is 11.7. The molecule has 0 aromatic rings. The molecule has 1 aliphatic rings. The molecule has 7 heteroatoms.